The van der Waals surface area contributed by atoms with Gasteiger partial charge in [0.05, 0.1) is 17.4 Å². The SMILES string of the molecule is O=C(Nc1ccc(N2CCCCC2)cn1)c1ccc(N2CCCCCC2)nc1. The Bertz CT molecular complexity index is 761. The lowest BCUT2D eigenvalue weighted by Gasteiger charge is -2.28. The van der Waals surface area contributed by atoms with Gasteiger partial charge in [0.25, 0.3) is 5.91 Å². The van der Waals surface area contributed by atoms with E-state index in [2.05, 4.69) is 25.1 Å². The summed E-state index contributed by atoms with van der Waals surface area (Å²) in [5, 5.41) is 2.88. The van der Waals surface area contributed by atoms with E-state index in [4.69, 9.17) is 0 Å². The molecule has 148 valence electrons. The maximum atomic E-state index is 12.5. The van der Waals surface area contributed by atoms with Gasteiger partial charge in [-0.05, 0) is 56.4 Å². The average molecular weight is 380 g/mol. The number of nitrogens with zero attached hydrogens (tertiary/aromatic N) is 4. The van der Waals surface area contributed by atoms with Crippen molar-refractivity contribution in [2.45, 2.75) is 44.9 Å². The summed E-state index contributed by atoms with van der Waals surface area (Å²) in [6.45, 7) is 4.27. The lowest BCUT2D eigenvalue weighted by molar-refractivity contribution is 0.102. The van der Waals surface area contributed by atoms with Crippen molar-refractivity contribution in [3.63, 3.8) is 0 Å². The highest BCUT2D eigenvalue weighted by molar-refractivity contribution is 6.03. The largest absolute Gasteiger partial charge is 0.370 e. The highest BCUT2D eigenvalue weighted by Gasteiger charge is 2.14. The van der Waals surface area contributed by atoms with E-state index in [1.165, 1.54) is 44.9 Å². The van der Waals surface area contributed by atoms with E-state index in [1.807, 2.05) is 30.5 Å². The van der Waals surface area contributed by atoms with E-state index in [9.17, 15) is 4.79 Å². The molecule has 28 heavy (non-hydrogen) atoms. The highest BCUT2D eigenvalue weighted by Crippen LogP contribution is 2.21. The molecule has 0 atom stereocenters. The van der Waals surface area contributed by atoms with Crippen molar-refractivity contribution in [2.24, 2.45) is 0 Å². The summed E-state index contributed by atoms with van der Waals surface area (Å²) in [4.78, 5) is 26.1. The fourth-order valence-corrected chi connectivity index (χ4v) is 3.99. The van der Waals surface area contributed by atoms with Crippen LogP contribution in [0.4, 0.5) is 17.3 Å². The first-order valence-corrected chi connectivity index (χ1v) is 10.5. The number of carbonyl (C=O) groups is 1. The van der Waals surface area contributed by atoms with Gasteiger partial charge in [0, 0.05) is 32.4 Å². The number of anilines is 3. The summed E-state index contributed by atoms with van der Waals surface area (Å²) >= 11 is 0. The fraction of sp³-hybridized carbons (Fsp3) is 0.500. The van der Waals surface area contributed by atoms with Crippen LogP contribution < -0.4 is 15.1 Å². The Hall–Kier alpha value is -2.63. The van der Waals surface area contributed by atoms with Crippen LogP contribution in [0.5, 0.6) is 0 Å². The van der Waals surface area contributed by atoms with Gasteiger partial charge in [0.15, 0.2) is 0 Å². The Morgan fingerprint density at radius 1 is 0.750 bits per heavy atom. The summed E-state index contributed by atoms with van der Waals surface area (Å²) in [6.07, 6.45) is 12.3. The van der Waals surface area contributed by atoms with Crippen molar-refractivity contribution in [2.75, 3.05) is 41.3 Å². The molecule has 2 aliphatic heterocycles. The summed E-state index contributed by atoms with van der Waals surface area (Å²) in [7, 11) is 0. The lowest BCUT2D eigenvalue weighted by Crippen LogP contribution is -2.29. The predicted molar refractivity (Wildman–Crippen MR) is 113 cm³/mol. The number of nitrogens with one attached hydrogen (secondary N) is 1. The lowest BCUT2D eigenvalue weighted by atomic mass is 10.1. The molecule has 0 aromatic carbocycles. The number of rotatable bonds is 4. The third kappa shape index (κ3) is 4.61. The molecule has 2 aromatic heterocycles. The van der Waals surface area contributed by atoms with Gasteiger partial charge >= 0.3 is 0 Å². The average Bonchev–Trinajstić information content (AvgIpc) is 3.05. The molecule has 1 N–H and O–H groups in total. The number of carbonyl (C=O) groups excluding carboxylic acids is 1. The summed E-state index contributed by atoms with van der Waals surface area (Å²) in [5.74, 6) is 1.36. The minimum absolute atomic E-state index is 0.173. The predicted octanol–water partition coefficient (Wildman–Crippen LogP) is 4.10. The van der Waals surface area contributed by atoms with Crippen LogP contribution in [0, 0.1) is 0 Å². The Labute approximate surface area is 167 Å². The normalized spacial score (nSPS) is 17.9. The third-order valence-electron chi connectivity index (χ3n) is 5.65. The van der Waals surface area contributed by atoms with Crippen LogP contribution >= 0.6 is 0 Å². The molecule has 0 aliphatic carbocycles. The van der Waals surface area contributed by atoms with Crippen molar-refractivity contribution in [1.82, 2.24) is 9.97 Å². The molecule has 2 fully saturated rings. The number of amides is 1. The molecular weight excluding hydrogens is 350 g/mol. The van der Waals surface area contributed by atoms with Crippen molar-refractivity contribution in [3.05, 3.63) is 42.2 Å². The molecule has 6 nitrogen and oxygen atoms in total. The van der Waals surface area contributed by atoms with E-state index in [0.717, 1.165) is 37.7 Å². The van der Waals surface area contributed by atoms with Gasteiger partial charge in [-0.1, -0.05) is 12.8 Å². The summed E-state index contributed by atoms with van der Waals surface area (Å²) < 4.78 is 0. The summed E-state index contributed by atoms with van der Waals surface area (Å²) in [5.41, 5.74) is 1.68. The standard InChI is InChI=1S/C22H29N5O/c28-22(18-8-11-21(24-16-18)27-14-4-1-2-5-15-27)25-20-10-9-19(17-23-20)26-12-6-3-7-13-26/h8-11,16-17H,1-7,12-15H2,(H,23,25,28). The van der Waals surface area contributed by atoms with Crippen LogP contribution in [-0.4, -0.2) is 42.1 Å². The Morgan fingerprint density at radius 3 is 2.04 bits per heavy atom. The molecule has 0 saturated carbocycles. The number of hydrogen-bond donors (Lipinski definition) is 1. The molecule has 0 spiro atoms. The fourth-order valence-electron chi connectivity index (χ4n) is 3.99. The number of pyridine rings is 2. The van der Waals surface area contributed by atoms with Crippen molar-refractivity contribution >= 4 is 23.2 Å². The molecule has 2 aliphatic rings. The maximum Gasteiger partial charge on any atom is 0.258 e. The Morgan fingerprint density at radius 2 is 1.43 bits per heavy atom. The quantitative estimate of drug-likeness (QED) is 0.867. The van der Waals surface area contributed by atoms with Gasteiger partial charge in [-0.2, -0.15) is 0 Å². The molecule has 0 bridgehead atoms. The highest BCUT2D eigenvalue weighted by atomic mass is 16.1. The Balaban J connectivity index is 1.36. The van der Waals surface area contributed by atoms with Crippen molar-refractivity contribution in [3.8, 4) is 0 Å². The molecule has 6 heteroatoms. The maximum absolute atomic E-state index is 12.5. The first-order valence-electron chi connectivity index (χ1n) is 10.5. The molecular formula is C22H29N5O. The Kier molecular flexibility index (Phi) is 6.04. The monoisotopic (exact) mass is 379 g/mol. The zero-order valence-electron chi connectivity index (χ0n) is 16.4. The van der Waals surface area contributed by atoms with Crippen LogP contribution in [0.25, 0.3) is 0 Å². The molecule has 2 aromatic rings. The minimum Gasteiger partial charge on any atom is -0.370 e. The van der Waals surface area contributed by atoms with Gasteiger partial charge < -0.3 is 15.1 Å². The first kappa shape index (κ1) is 18.7. The van der Waals surface area contributed by atoms with Crippen LogP contribution in [0.1, 0.15) is 55.3 Å². The van der Waals surface area contributed by atoms with Gasteiger partial charge in [0.1, 0.15) is 11.6 Å². The van der Waals surface area contributed by atoms with Crippen molar-refractivity contribution < 1.29 is 4.79 Å². The minimum atomic E-state index is -0.173. The second-order valence-corrected chi connectivity index (χ2v) is 7.71. The zero-order valence-corrected chi connectivity index (χ0v) is 16.4. The number of piperidine rings is 1. The molecule has 4 rings (SSSR count). The van der Waals surface area contributed by atoms with Crippen LogP contribution in [0.15, 0.2) is 36.7 Å². The molecule has 1 amide bonds. The van der Waals surface area contributed by atoms with Gasteiger partial charge in [-0.3, -0.25) is 4.79 Å². The number of hydrogen-bond acceptors (Lipinski definition) is 5. The second kappa shape index (κ2) is 9.04. The smallest absolute Gasteiger partial charge is 0.258 e. The molecule has 0 radical (unpaired) electrons. The molecule has 4 heterocycles. The van der Waals surface area contributed by atoms with Gasteiger partial charge in [0.2, 0.25) is 0 Å². The molecule has 0 unspecified atom stereocenters. The van der Waals surface area contributed by atoms with E-state index < -0.39 is 0 Å². The van der Waals surface area contributed by atoms with E-state index in [1.54, 1.807) is 6.20 Å². The van der Waals surface area contributed by atoms with Crippen molar-refractivity contribution in [1.29, 1.82) is 0 Å². The van der Waals surface area contributed by atoms with Crippen LogP contribution in [0.3, 0.4) is 0 Å². The number of aromatic nitrogens is 2. The van der Waals surface area contributed by atoms with Crippen LogP contribution in [0.2, 0.25) is 0 Å². The summed E-state index contributed by atoms with van der Waals surface area (Å²) in [6, 6.07) is 7.72. The topological polar surface area (TPSA) is 61.4 Å². The molecule has 2 saturated heterocycles. The van der Waals surface area contributed by atoms with Gasteiger partial charge in [-0.25, -0.2) is 9.97 Å². The van der Waals surface area contributed by atoms with E-state index in [0.29, 0.717) is 11.4 Å². The zero-order chi connectivity index (χ0) is 19.2. The van der Waals surface area contributed by atoms with E-state index in [-0.39, 0.29) is 5.91 Å². The first-order chi connectivity index (χ1) is 13.8. The third-order valence-corrected chi connectivity index (χ3v) is 5.65. The second-order valence-electron chi connectivity index (χ2n) is 7.71. The van der Waals surface area contributed by atoms with Crippen LogP contribution in [-0.2, 0) is 0 Å². The van der Waals surface area contributed by atoms with E-state index >= 15 is 0 Å². The van der Waals surface area contributed by atoms with Gasteiger partial charge in [-0.15, -0.1) is 0 Å².